The average Bonchev–Trinajstić information content (AvgIpc) is 3.21. The van der Waals surface area contributed by atoms with Gasteiger partial charge >= 0.3 is 11.9 Å². The Morgan fingerprint density at radius 2 is 1.92 bits per heavy atom. The zero-order chi connectivity index (χ0) is 28.3. The van der Waals surface area contributed by atoms with E-state index in [2.05, 4.69) is 5.32 Å². The molecule has 0 aromatic heterocycles. The van der Waals surface area contributed by atoms with Gasteiger partial charge in [-0.05, 0) is 75.5 Å². The minimum Gasteiger partial charge on any atom is -0.504 e. The standard InChI is InChI=1S/C29H37NO9/c1-14(2)12-19(30-25(33)15(3)31)27(35)37-16(4)26(34)38-21-9-11-29(36)18-6-5-10-28(29)22-17(13-18)7-8-20(32)23(22)39-24(21)28/h7-9,14-16,18-19,24,31-32,36H,5-6,10-13H2,1-4H3,(H,30,33)/t15-,16-,18+,19-,24-,28-,29+/m0/s1. The predicted molar refractivity (Wildman–Crippen MR) is 138 cm³/mol. The van der Waals surface area contributed by atoms with Crippen LogP contribution in [0, 0.1) is 11.8 Å². The van der Waals surface area contributed by atoms with Gasteiger partial charge in [0.2, 0.25) is 5.91 Å². The lowest BCUT2D eigenvalue weighted by atomic mass is 9.47. The summed E-state index contributed by atoms with van der Waals surface area (Å²) in [4.78, 5) is 38.0. The maximum absolute atomic E-state index is 13.1. The van der Waals surface area contributed by atoms with Crippen LogP contribution < -0.4 is 10.1 Å². The van der Waals surface area contributed by atoms with Crippen LogP contribution in [0.3, 0.4) is 0 Å². The Kier molecular flexibility index (Phi) is 6.91. The SMILES string of the molecule is CC(C)C[C@H](NC(=O)[C@H](C)O)C(=O)O[C@@H](C)C(=O)OC1=CC[C@@]2(O)[C@@H]3CCC[C@@]24c2c(ccc(O)c2O[C@@H]14)C3. The molecule has 1 saturated carbocycles. The second-order valence-corrected chi connectivity index (χ2v) is 11.8. The molecular formula is C29H37NO9. The number of benzene rings is 1. The number of phenols is 1. The van der Waals surface area contributed by atoms with Crippen molar-refractivity contribution in [3.8, 4) is 11.5 Å². The van der Waals surface area contributed by atoms with Gasteiger partial charge in [-0.15, -0.1) is 0 Å². The fourth-order valence-corrected chi connectivity index (χ4v) is 7.01. The Bertz CT molecular complexity index is 1220. The van der Waals surface area contributed by atoms with Gasteiger partial charge in [0, 0.05) is 5.56 Å². The van der Waals surface area contributed by atoms with Crippen LogP contribution in [0.2, 0.25) is 0 Å². The van der Waals surface area contributed by atoms with Crippen LogP contribution in [-0.2, 0) is 35.7 Å². The monoisotopic (exact) mass is 543 g/mol. The van der Waals surface area contributed by atoms with Crippen molar-refractivity contribution in [2.75, 3.05) is 0 Å². The molecule has 4 N–H and O–H groups in total. The molecule has 7 atom stereocenters. The lowest BCUT2D eigenvalue weighted by Gasteiger charge is -2.59. The molecular weight excluding hydrogens is 506 g/mol. The van der Waals surface area contributed by atoms with Gasteiger partial charge in [0.25, 0.3) is 0 Å². The number of carbonyl (C=O) groups is 3. The van der Waals surface area contributed by atoms with Gasteiger partial charge in [0.15, 0.2) is 23.7 Å². The molecule has 1 amide bonds. The lowest BCUT2D eigenvalue weighted by molar-refractivity contribution is -0.172. The summed E-state index contributed by atoms with van der Waals surface area (Å²) >= 11 is 0. The number of phenolic OH excluding ortho intramolecular Hbond substituents is 1. The summed E-state index contributed by atoms with van der Waals surface area (Å²) in [5.74, 6) is -1.78. The lowest BCUT2D eigenvalue weighted by Crippen LogP contribution is -2.67. The Balaban J connectivity index is 1.35. The van der Waals surface area contributed by atoms with E-state index >= 15 is 0 Å². The van der Waals surface area contributed by atoms with Crippen LogP contribution >= 0.6 is 0 Å². The molecule has 1 aliphatic heterocycles. The summed E-state index contributed by atoms with van der Waals surface area (Å²) in [6.45, 7) is 6.41. The molecule has 3 aliphatic carbocycles. The number of aliphatic hydroxyl groups is 2. The number of nitrogens with one attached hydrogen (secondary N) is 1. The highest BCUT2D eigenvalue weighted by Gasteiger charge is 2.70. The Morgan fingerprint density at radius 3 is 2.62 bits per heavy atom. The number of hydrogen-bond donors (Lipinski definition) is 4. The van der Waals surface area contributed by atoms with E-state index in [1.54, 1.807) is 12.1 Å². The van der Waals surface area contributed by atoms with E-state index in [0.29, 0.717) is 18.6 Å². The fourth-order valence-electron chi connectivity index (χ4n) is 7.01. The molecule has 10 nitrogen and oxygen atoms in total. The molecule has 1 fully saturated rings. The summed E-state index contributed by atoms with van der Waals surface area (Å²) in [6, 6.07) is 2.44. The second-order valence-electron chi connectivity index (χ2n) is 11.8. The minimum atomic E-state index is -1.30. The van der Waals surface area contributed by atoms with Crippen molar-refractivity contribution in [2.24, 2.45) is 11.8 Å². The number of aromatic hydroxyl groups is 1. The highest BCUT2D eigenvalue weighted by Crippen LogP contribution is 2.67. The maximum atomic E-state index is 13.1. The van der Waals surface area contributed by atoms with Crippen LogP contribution in [0.5, 0.6) is 11.5 Å². The molecule has 5 rings (SSSR count). The maximum Gasteiger partial charge on any atom is 0.352 e. The van der Waals surface area contributed by atoms with Crippen molar-refractivity contribution in [3.05, 3.63) is 35.1 Å². The molecule has 1 aromatic carbocycles. The van der Waals surface area contributed by atoms with Gasteiger partial charge in [0.05, 0.1) is 11.0 Å². The predicted octanol–water partition coefficient (Wildman–Crippen LogP) is 2.15. The zero-order valence-electron chi connectivity index (χ0n) is 22.7. The average molecular weight is 544 g/mol. The third kappa shape index (κ3) is 4.28. The first-order valence-electron chi connectivity index (χ1n) is 13.7. The molecule has 4 aliphatic rings. The highest BCUT2D eigenvalue weighted by atomic mass is 16.6. The molecule has 1 heterocycles. The van der Waals surface area contributed by atoms with Gasteiger partial charge in [0.1, 0.15) is 17.9 Å². The molecule has 0 unspecified atom stereocenters. The molecule has 10 heteroatoms. The molecule has 39 heavy (non-hydrogen) atoms. The summed E-state index contributed by atoms with van der Waals surface area (Å²) in [5.41, 5.74) is -0.111. The Morgan fingerprint density at radius 1 is 1.18 bits per heavy atom. The fraction of sp³-hybridized carbons (Fsp3) is 0.621. The summed E-state index contributed by atoms with van der Waals surface area (Å²) in [6.07, 6.45) is 1.83. The number of aliphatic hydroxyl groups excluding tert-OH is 1. The van der Waals surface area contributed by atoms with Crippen molar-refractivity contribution in [3.63, 3.8) is 0 Å². The van der Waals surface area contributed by atoms with Crippen LogP contribution in [0.4, 0.5) is 0 Å². The first-order valence-corrected chi connectivity index (χ1v) is 13.7. The van der Waals surface area contributed by atoms with Crippen LogP contribution in [0.25, 0.3) is 0 Å². The summed E-state index contributed by atoms with van der Waals surface area (Å²) < 4.78 is 17.4. The largest absolute Gasteiger partial charge is 0.504 e. The third-order valence-electron chi connectivity index (χ3n) is 8.79. The van der Waals surface area contributed by atoms with Crippen molar-refractivity contribution in [1.29, 1.82) is 0 Å². The van der Waals surface area contributed by atoms with Gasteiger partial charge < -0.3 is 34.8 Å². The number of ether oxygens (including phenoxy) is 3. The first kappa shape index (κ1) is 27.5. The van der Waals surface area contributed by atoms with E-state index in [4.69, 9.17) is 14.2 Å². The molecule has 2 bridgehead atoms. The third-order valence-corrected chi connectivity index (χ3v) is 8.79. The number of esters is 2. The van der Waals surface area contributed by atoms with Crippen LogP contribution in [0.1, 0.15) is 70.9 Å². The second kappa shape index (κ2) is 9.82. The van der Waals surface area contributed by atoms with Gasteiger partial charge in [-0.25, -0.2) is 9.59 Å². The van der Waals surface area contributed by atoms with Crippen LogP contribution in [0.15, 0.2) is 24.0 Å². The smallest absolute Gasteiger partial charge is 0.352 e. The topological polar surface area (TPSA) is 152 Å². The van der Waals surface area contributed by atoms with E-state index in [9.17, 15) is 29.7 Å². The number of hydrogen-bond acceptors (Lipinski definition) is 9. The zero-order valence-corrected chi connectivity index (χ0v) is 22.7. The van der Waals surface area contributed by atoms with Crippen molar-refractivity contribution in [1.82, 2.24) is 5.32 Å². The Labute approximate surface area is 227 Å². The van der Waals surface area contributed by atoms with E-state index in [0.717, 1.165) is 24.0 Å². The van der Waals surface area contributed by atoms with Gasteiger partial charge in [-0.2, -0.15) is 0 Å². The van der Waals surface area contributed by atoms with Crippen molar-refractivity contribution >= 4 is 17.8 Å². The first-order chi connectivity index (χ1) is 18.4. The molecule has 1 spiro atoms. The number of carbonyl (C=O) groups excluding carboxylic acids is 3. The molecule has 0 radical (unpaired) electrons. The number of amides is 1. The molecule has 1 aromatic rings. The van der Waals surface area contributed by atoms with E-state index < -0.39 is 53.2 Å². The van der Waals surface area contributed by atoms with E-state index in [-0.39, 0.29) is 36.2 Å². The number of rotatable bonds is 8. The Hall–Kier alpha value is -3.11. The van der Waals surface area contributed by atoms with Crippen LogP contribution in [-0.4, -0.2) is 63.1 Å². The van der Waals surface area contributed by atoms with Crippen molar-refractivity contribution < 1.29 is 43.9 Å². The molecule has 212 valence electrons. The van der Waals surface area contributed by atoms with Gasteiger partial charge in [-0.1, -0.05) is 26.3 Å². The van der Waals surface area contributed by atoms with Crippen molar-refractivity contribution in [2.45, 2.75) is 102 Å². The summed E-state index contributed by atoms with van der Waals surface area (Å²) in [5, 5.41) is 34.7. The molecule has 0 saturated heterocycles. The minimum absolute atomic E-state index is 0.0171. The summed E-state index contributed by atoms with van der Waals surface area (Å²) in [7, 11) is 0. The van der Waals surface area contributed by atoms with Gasteiger partial charge in [-0.3, -0.25) is 4.79 Å². The highest BCUT2D eigenvalue weighted by molar-refractivity contribution is 5.88. The van der Waals surface area contributed by atoms with E-state index in [1.807, 2.05) is 19.9 Å². The quantitative estimate of drug-likeness (QED) is 0.362. The normalized spacial score (nSPS) is 30.3. The van der Waals surface area contributed by atoms with E-state index in [1.165, 1.54) is 13.8 Å².